The molecule has 0 bridgehead atoms. The molecule has 86 valence electrons. The maximum absolute atomic E-state index is 11.5. The van der Waals surface area contributed by atoms with E-state index >= 15 is 0 Å². The van der Waals surface area contributed by atoms with Gasteiger partial charge in [0.25, 0.3) is 0 Å². The summed E-state index contributed by atoms with van der Waals surface area (Å²) in [4.78, 5) is 11.5. The van der Waals surface area contributed by atoms with Crippen LogP contribution in [0.3, 0.4) is 0 Å². The largest absolute Gasteiger partial charge is 0.389 e. The molecule has 2 heteroatoms. The topological polar surface area (TPSA) is 37.3 Å². The van der Waals surface area contributed by atoms with Crippen molar-refractivity contribution < 1.29 is 9.90 Å². The third-order valence-electron chi connectivity index (χ3n) is 3.31. The monoisotopic (exact) mass is 210 g/mol. The highest BCUT2D eigenvalue weighted by Crippen LogP contribution is 2.43. The van der Waals surface area contributed by atoms with Gasteiger partial charge in [-0.25, -0.2) is 0 Å². The Bertz CT molecular complexity index is 264. The third-order valence-corrected chi connectivity index (χ3v) is 3.31. The second kappa shape index (κ2) is 4.48. The van der Waals surface area contributed by atoms with Crippen LogP contribution in [-0.4, -0.2) is 17.0 Å². The molecule has 0 heterocycles. The number of Topliss-reactive ketones (excluding diaryl/α,β-unsaturated/α-hetero) is 1. The van der Waals surface area contributed by atoms with Crippen LogP contribution in [0.4, 0.5) is 0 Å². The molecule has 0 aliphatic heterocycles. The number of carbonyl (C=O) groups excluding carboxylic acids is 1. The van der Waals surface area contributed by atoms with Gasteiger partial charge in [-0.3, -0.25) is 4.79 Å². The van der Waals surface area contributed by atoms with Gasteiger partial charge in [0.1, 0.15) is 5.78 Å². The van der Waals surface area contributed by atoms with E-state index in [9.17, 15) is 9.90 Å². The van der Waals surface area contributed by atoms with Crippen molar-refractivity contribution in [2.45, 2.75) is 46.6 Å². The minimum atomic E-state index is -0.398. The fraction of sp³-hybridized carbons (Fsp3) is 0.769. The first-order valence-corrected chi connectivity index (χ1v) is 5.71. The average molecular weight is 210 g/mol. The second-order valence-corrected chi connectivity index (χ2v) is 5.54. The van der Waals surface area contributed by atoms with E-state index in [1.807, 2.05) is 6.08 Å². The number of rotatable bonds is 2. The molecule has 0 amide bonds. The average Bonchev–Trinajstić information content (AvgIpc) is 1.98. The minimum absolute atomic E-state index is 0.0279. The van der Waals surface area contributed by atoms with Crippen molar-refractivity contribution in [3.8, 4) is 0 Å². The minimum Gasteiger partial charge on any atom is -0.389 e. The summed E-state index contributed by atoms with van der Waals surface area (Å²) in [7, 11) is 0. The lowest BCUT2D eigenvalue weighted by Crippen LogP contribution is -2.36. The smallest absolute Gasteiger partial charge is 0.133 e. The Morgan fingerprint density at radius 3 is 2.60 bits per heavy atom. The van der Waals surface area contributed by atoms with Crippen LogP contribution in [0.1, 0.15) is 40.5 Å². The van der Waals surface area contributed by atoms with E-state index in [1.54, 1.807) is 6.92 Å². The molecule has 1 N–H and O–H groups in total. The molecule has 3 unspecified atom stereocenters. The molecule has 1 rings (SSSR count). The maximum atomic E-state index is 11.5. The summed E-state index contributed by atoms with van der Waals surface area (Å²) in [6.45, 7) is 8.15. The van der Waals surface area contributed by atoms with Crippen molar-refractivity contribution in [2.24, 2.45) is 17.3 Å². The summed E-state index contributed by atoms with van der Waals surface area (Å²) in [5.74, 6) is 1.15. The fourth-order valence-corrected chi connectivity index (χ4v) is 2.69. The highest BCUT2D eigenvalue weighted by Gasteiger charge is 2.38. The van der Waals surface area contributed by atoms with E-state index in [0.29, 0.717) is 30.5 Å². The van der Waals surface area contributed by atoms with Gasteiger partial charge in [-0.1, -0.05) is 32.9 Å². The van der Waals surface area contributed by atoms with Crippen molar-refractivity contribution in [2.75, 3.05) is 0 Å². The normalized spacial score (nSPS) is 33.3. The predicted octanol–water partition coefficient (Wildman–Crippen LogP) is 2.56. The lowest BCUT2D eigenvalue weighted by atomic mass is 9.63. The lowest BCUT2D eigenvalue weighted by Gasteiger charge is -2.40. The third kappa shape index (κ3) is 3.16. The van der Waals surface area contributed by atoms with Crippen LogP contribution in [0.25, 0.3) is 0 Å². The Morgan fingerprint density at radius 2 is 2.13 bits per heavy atom. The molecule has 3 atom stereocenters. The Hall–Kier alpha value is -0.630. The van der Waals surface area contributed by atoms with Crippen molar-refractivity contribution >= 4 is 5.78 Å². The highest BCUT2D eigenvalue weighted by atomic mass is 16.3. The van der Waals surface area contributed by atoms with Gasteiger partial charge in [-0.05, 0) is 24.2 Å². The number of hydrogen-bond acceptors (Lipinski definition) is 2. The molecular weight excluding hydrogens is 188 g/mol. The fourth-order valence-electron chi connectivity index (χ4n) is 2.69. The summed E-state index contributed by atoms with van der Waals surface area (Å²) in [5, 5.41) is 9.24. The molecule has 0 aromatic carbocycles. The molecule has 1 aliphatic carbocycles. The second-order valence-electron chi connectivity index (χ2n) is 5.54. The Labute approximate surface area is 92.4 Å². The quantitative estimate of drug-likeness (QED) is 0.711. The van der Waals surface area contributed by atoms with E-state index in [-0.39, 0.29) is 5.41 Å². The summed E-state index contributed by atoms with van der Waals surface area (Å²) in [6, 6.07) is 0. The van der Waals surface area contributed by atoms with E-state index in [0.717, 1.165) is 0 Å². The predicted molar refractivity (Wildman–Crippen MR) is 61.5 cm³/mol. The molecule has 0 radical (unpaired) electrons. The zero-order chi connectivity index (χ0) is 11.6. The molecule has 2 nitrogen and oxygen atoms in total. The number of aliphatic hydroxyl groups excluding tert-OH is 1. The van der Waals surface area contributed by atoms with Gasteiger partial charge in [-0.2, -0.15) is 0 Å². The lowest BCUT2D eigenvalue weighted by molar-refractivity contribution is -0.126. The Balaban J connectivity index is 2.80. The van der Waals surface area contributed by atoms with Crippen LogP contribution in [0.2, 0.25) is 0 Å². The summed E-state index contributed by atoms with van der Waals surface area (Å²) >= 11 is 0. The van der Waals surface area contributed by atoms with Gasteiger partial charge >= 0.3 is 0 Å². The van der Waals surface area contributed by atoms with E-state index in [1.165, 1.54) is 0 Å². The maximum Gasteiger partial charge on any atom is 0.133 e. The molecule has 0 aromatic rings. The van der Waals surface area contributed by atoms with Crippen molar-refractivity contribution in [1.82, 2.24) is 0 Å². The summed E-state index contributed by atoms with van der Waals surface area (Å²) in [6.07, 6.45) is 4.86. The van der Waals surface area contributed by atoms with Gasteiger partial charge in [0.2, 0.25) is 0 Å². The number of aliphatic hydroxyl groups is 1. The van der Waals surface area contributed by atoms with Crippen LogP contribution in [0, 0.1) is 17.3 Å². The van der Waals surface area contributed by atoms with Gasteiger partial charge in [0, 0.05) is 12.8 Å². The number of allylic oxidation sites excluding steroid dienone is 1. The molecule has 1 fully saturated rings. The number of carbonyl (C=O) groups is 1. The van der Waals surface area contributed by atoms with Crippen LogP contribution < -0.4 is 0 Å². The van der Waals surface area contributed by atoms with E-state index in [4.69, 9.17) is 0 Å². The number of hydrogen-bond donors (Lipinski definition) is 1. The molecule has 1 saturated carbocycles. The zero-order valence-corrected chi connectivity index (χ0v) is 10.2. The summed E-state index contributed by atoms with van der Waals surface area (Å²) in [5.41, 5.74) is 0.0279. The SMILES string of the molecule is CC(O)C=CC1C(C)CC(=O)CC1(C)C. The van der Waals surface area contributed by atoms with Crippen molar-refractivity contribution in [3.63, 3.8) is 0 Å². The van der Waals surface area contributed by atoms with Crippen LogP contribution in [-0.2, 0) is 4.79 Å². The van der Waals surface area contributed by atoms with Crippen molar-refractivity contribution in [3.05, 3.63) is 12.2 Å². The first-order chi connectivity index (χ1) is 6.83. The molecule has 0 spiro atoms. The van der Waals surface area contributed by atoms with Crippen LogP contribution in [0.5, 0.6) is 0 Å². The van der Waals surface area contributed by atoms with Gasteiger partial charge in [-0.15, -0.1) is 0 Å². The van der Waals surface area contributed by atoms with Crippen molar-refractivity contribution in [1.29, 1.82) is 0 Å². The molecular formula is C13H22O2. The first kappa shape index (κ1) is 12.4. The first-order valence-electron chi connectivity index (χ1n) is 5.71. The Morgan fingerprint density at radius 1 is 1.53 bits per heavy atom. The van der Waals surface area contributed by atoms with Gasteiger partial charge in [0.15, 0.2) is 0 Å². The standard InChI is InChI=1S/C13H22O2/c1-9-7-11(15)8-13(3,4)12(9)6-5-10(2)14/h5-6,9-10,12,14H,7-8H2,1-4H3. The molecule has 1 aliphatic rings. The molecule has 15 heavy (non-hydrogen) atoms. The van der Waals surface area contributed by atoms with Crippen LogP contribution in [0.15, 0.2) is 12.2 Å². The van der Waals surface area contributed by atoms with E-state index in [2.05, 4.69) is 26.8 Å². The molecule has 0 aromatic heterocycles. The van der Waals surface area contributed by atoms with Gasteiger partial charge < -0.3 is 5.11 Å². The number of ketones is 1. The zero-order valence-electron chi connectivity index (χ0n) is 10.2. The van der Waals surface area contributed by atoms with Gasteiger partial charge in [0.05, 0.1) is 6.10 Å². The molecule has 0 saturated heterocycles. The van der Waals surface area contributed by atoms with E-state index < -0.39 is 6.10 Å². The Kier molecular flexibility index (Phi) is 3.72. The van der Waals surface area contributed by atoms with Crippen LogP contribution >= 0.6 is 0 Å². The highest BCUT2D eigenvalue weighted by molar-refractivity contribution is 5.80. The summed E-state index contributed by atoms with van der Waals surface area (Å²) < 4.78 is 0.